The molecule has 2 nitrogen and oxygen atoms in total. The molecule has 1 atom stereocenters. The van der Waals surface area contributed by atoms with Crippen LogP contribution in [0.3, 0.4) is 0 Å². The molecule has 0 aromatic heterocycles. The van der Waals surface area contributed by atoms with Crippen LogP contribution in [-0.2, 0) is 4.74 Å². The van der Waals surface area contributed by atoms with E-state index in [9.17, 15) is 0 Å². The first-order chi connectivity index (χ1) is 5.36. The molecule has 62 valence electrons. The van der Waals surface area contributed by atoms with E-state index < -0.39 is 0 Å². The van der Waals surface area contributed by atoms with E-state index in [0.29, 0.717) is 12.0 Å². The molecule has 1 fully saturated rings. The molecular weight excluding hydrogens is 138 g/mol. The number of ether oxygens (including phenoxy) is 1. The van der Waals surface area contributed by atoms with Gasteiger partial charge in [0.05, 0.1) is 6.04 Å². The van der Waals surface area contributed by atoms with Crippen LogP contribution in [0.4, 0.5) is 0 Å². The Balaban J connectivity index is 1.98. The number of hydrogen-bond acceptors (Lipinski definition) is 2. The molecule has 0 bridgehead atoms. The summed E-state index contributed by atoms with van der Waals surface area (Å²) in [7, 11) is 0. The highest BCUT2D eigenvalue weighted by atomic mass is 16.5. The predicted octanol–water partition coefficient (Wildman–Crippen LogP) is 1.99. The zero-order valence-corrected chi connectivity index (χ0v) is 7.05. The quantitative estimate of drug-likeness (QED) is 0.564. The predicted molar refractivity (Wildman–Crippen MR) is 44.8 cm³/mol. The highest BCUT2D eigenvalue weighted by Crippen LogP contribution is 2.28. The van der Waals surface area contributed by atoms with Crippen LogP contribution in [0.1, 0.15) is 32.6 Å². The Labute approximate surface area is 67.7 Å². The van der Waals surface area contributed by atoms with Crippen molar-refractivity contribution in [1.29, 1.82) is 0 Å². The summed E-state index contributed by atoms with van der Waals surface area (Å²) in [6.45, 7) is 2.92. The third kappa shape index (κ3) is 1.39. The normalized spacial score (nSPS) is 32.1. The van der Waals surface area contributed by atoms with E-state index in [1.54, 1.807) is 0 Å². The molecule has 1 heterocycles. The molecular formula is C9H15NO. The maximum Gasteiger partial charge on any atom is 0.186 e. The van der Waals surface area contributed by atoms with Gasteiger partial charge in [-0.25, -0.2) is 4.99 Å². The van der Waals surface area contributed by atoms with Gasteiger partial charge in [0, 0.05) is 5.92 Å². The van der Waals surface area contributed by atoms with Crippen LogP contribution in [0.2, 0.25) is 0 Å². The van der Waals surface area contributed by atoms with Gasteiger partial charge in [0.15, 0.2) is 5.90 Å². The first-order valence-corrected chi connectivity index (χ1v) is 4.57. The van der Waals surface area contributed by atoms with E-state index in [4.69, 9.17) is 4.74 Å². The number of rotatable bonds is 1. The van der Waals surface area contributed by atoms with Crippen LogP contribution in [0.15, 0.2) is 4.99 Å². The standard InChI is InChI=1S/C9H15NO/c1-7-6-11-9(10-7)8-4-2-3-5-8/h7-8H,2-6H2,1H3. The van der Waals surface area contributed by atoms with E-state index in [1.807, 2.05) is 0 Å². The van der Waals surface area contributed by atoms with Crippen LogP contribution in [0.25, 0.3) is 0 Å². The summed E-state index contributed by atoms with van der Waals surface area (Å²) in [5.74, 6) is 1.72. The fourth-order valence-corrected chi connectivity index (χ4v) is 1.89. The summed E-state index contributed by atoms with van der Waals surface area (Å²) >= 11 is 0. The molecule has 1 saturated carbocycles. The minimum atomic E-state index is 0.408. The smallest absolute Gasteiger partial charge is 0.186 e. The van der Waals surface area contributed by atoms with Crippen molar-refractivity contribution in [3.05, 3.63) is 0 Å². The molecule has 0 spiro atoms. The molecule has 0 saturated heterocycles. The van der Waals surface area contributed by atoms with Crippen molar-refractivity contribution in [2.24, 2.45) is 10.9 Å². The molecule has 0 aromatic rings. The van der Waals surface area contributed by atoms with Crippen LogP contribution in [0.5, 0.6) is 0 Å². The van der Waals surface area contributed by atoms with Gasteiger partial charge in [0.25, 0.3) is 0 Å². The van der Waals surface area contributed by atoms with Gasteiger partial charge >= 0.3 is 0 Å². The minimum Gasteiger partial charge on any atom is -0.479 e. The van der Waals surface area contributed by atoms with E-state index in [2.05, 4.69) is 11.9 Å². The van der Waals surface area contributed by atoms with Gasteiger partial charge in [-0.2, -0.15) is 0 Å². The molecule has 1 unspecified atom stereocenters. The largest absolute Gasteiger partial charge is 0.479 e. The van der Waals surface area contributed by atoms with Crippen LogP contribution < -0.4 is 0 Å². The summed E-state index contributed by atoms with van der Waals surface area (Å²) in [6, 6.07) is 0.408. The maximum atomic E-state index is 5.50. The summed E-state index contributed by atoms with van der Waals surface area (Å²) < 4.78 is 5.50. The molecule has 0 aromatic carbocycles. The molecule has 0 amide bonds. The van der Waals surface area contributed by atoms with Crippen LogP contribution in [0, 0.1) is 5.92 Å². The summed E-state index contributed by atoms with van der Waals surface area (Å²) in [4.78, 5) is 4.46. The topological polar surface area (TPSA) is 21.6 Å². The van der Waals surface area contributed by atoms with E-state index in [-0.39, 0.29) is 0 Å². The van der Waals surface area contributed by atoms with Gasteiger partial charge in [-0.15, -0.1) is 0 Å². The SMILES string of the molecule is CC1COC(C2CCCC2)=N1. The Kier molecular flexibility index (Phi) is 1.84. The molecule has 2 heteroatoms. The Bertz CT molecular complexity index is 170. The average Bonchev–Trinajstić information content (AvgIpc) is 2.55. The second kappa shape index (κ2) is 2.84. The van der Waals surface area contributed by atoms with Crippen molar-refractivity contribution < 1.29 is 4.74 Å². The van der Waals surface area contributed by atoms with Crippen molar-refractivity contribution in [3.63, 3.8) is 0 Å². The van der Waals surface area contributed by atoms with Gasteiger partial charge in [-0.3, -0.25) is 0 Å². The molecule has 2 rings (SSSR count). The first kappa shape index (κ1) is 7.14. The average molecular weight is 153 g/mol. The fourth-order valence-electron chi connectivity index (χ4n) is 1.89. The lowest BCUT2D eigenvalue weighted by Crippen LogP contribution is -2.10. The highest BCUT2D eigenvalue weighted by Gasteiger charge is 2.26. The molecule has 1 aliphatic heterocycles. The Morgan fingerprint density at radius 2 is 2.09 bits per heavy atom. The Morgan fingerprint density at radius 3 is 2.64 bits per heavy atom. The molecule has 11 heavy (non-hydrogen) atoms. The van der Waals surface area contributed by atoms with Crippen molar-refractivity contribution in [2.45, 2.75) is 38.6 Å². The zero-order chi connectivity index (χ0) is 7.68. The summed E-state index contributed by atoms with van der Waals surface area (Å²) in [6.07, 6.45) is 5.32. The molecule has 1 aliphatic carbocycles. The molecule has 2 aliphatic rings. The summed E-state index contributed by atoms with van der Waals surface area (Å²) in [5.41, 5.74) is 0. The van der Waals surface area contributed by atoms with Gasteiger partial charge in [-0.05, 0) is 19.8 Å². The first-order valence-electron chi connectivity index (χ1n) is 4.57. The van der Waals surface area contributed by atoms with Gasteiger partial charge < -0.3 is 4.74 Å². The second-order valence-electron chi connectivity index (χ2n) is 3.61. The summed E-state index contributed by atoms with van der Waals surface area (Å²) in [5, 5.41) is 0. The van der Waals surface area contributed by atoms with Gasteiger partial charge in [0.1, 0.15) is 6.61 Å². The van der Waals surface area contributed by atoms with Gasteiger partial charge in [-0.1, -0.05) is 12.8 Å². The van der Waals surface area contributed by atoms with E-state index in [1.165, 1.54) is 25.7 Å². The Hall–Kier alpha value is -0.530. The third-order valence-corrected chi connectivity index (χ3v) is 2.52. The second-order valence-corrected chi connectivity index (χ2v) is 3.61. The molecule has 0 N–H and O–H groups in total. The maximum absolute atomic E-state index is 5.50. The van der Waals surface area contributed by atoms with Crippen molar-refractivity contribution >= 4 is 5.90 Å². The van der Waals surface area contributed by atoms with Crippen molar-refractivity contribution in [3.8, 4) is 0 Å². The van der Waals surface area contributed by atoms with Crippen LogP contribution >= 0.6 is 0 Å². The highest BCUT2D eigenvalue weighted by molar-refractivity contribution is 5.80. The number of aliphatic imine (C=N–C) groups is 1. The monoisotopic (exact) mass is 153 g/mol. The number of nitrogens with zero attached hydrogens (tertiary/aromatic N) is 1. The van der Waals surface area contributed by atoms with E-state index in [0.717, 1.165) is 12.5 Å². The van der Waals surface area contributed by atoms with E-state index >= 15 is 0 Å². The van der Waals surface area contributed by atoms with Crippen molar-refractivity contribution in [2.75, 3.05) is 6.61 Å². The fraction of sp³-hybridized carbons (Fsp3) is 0.889. The minimum absolute atomic E-state index is 0.408. The Morgan fingerprint density at radius 1 is 1.36 bits per heavy atom. The lowest BCUT2D eigenvalue weighted by atomic mass is 10.1. The van der Waals surface area contributed by atoms with Gasteiger partial charge in [0.2, 0.25) is 0 Å². The van der Waals surface area contributed by atoms with Crippen molar-refractivity contribution in [1.82, 2.24) is 0 Å². The molecule has 0 radical (unpaired) electrons. The third-order valence-electron chi connectivity index (χ3n) is 2.52. The van der Waals surface area contributed by atoms with Crippen LogP contribution in [-0.4, -0.2) is 18.5 Å². The lowest BCUT2D eigenvalue weighted by molar-refractivity contribution is 0.302. The number of hydrogen-bond donors (Lipinski definition) is 0. The zero-order valence-electron chi connectivity index (χ0n) is 7.05. The lowest BCUT2D eigenvalue weighted by Gasteiger charge is -2.06.